The summed E-state index contributed by atoms with van der Waals surface area (Å²) in [7, 11) is 0. The van der Waals surface area contributed by atoms with Crippen LogP contribution in [0.5, 0.6) is 0 Å². The van der Waals surface area contributed by atoms with Crippen molar-refractivity contribution in [2.75, 3.05) is 0 Å². The molecule has 2 aliphatic rings. The van der Waals surface area contributed by atoms with Crippen molar-refractivity contribution in [2.24, 2.45) is 0 Å². The predicted molar refractivity (Wildman–Crippen MR) is 363 cm³/mol. The van der Waals surface area contributed by atoms with Gasteiger partial charge in [-0.05, 0) is 184 Å². The SMILES string of the molecule is C1=CCCC(c2cncc(-c3ccc4c(c3)c3cc(-c5cncc(-c6ccccc6)c5)ccc3n4-c3ccc4sc5ccc(-n6c7c(c8cc(-c9cncc(-c%10ccccc%10)c9)ccc86)C=C(c6cncc(-c8ccccc8)c6)CC7)cc5c4c3)c2)=C1. The van der Waals surface area contributed by atoms with E-state index >= 15 is 0 Å². The Hall–Kier alpha value is -10.9. The highest BCUT2D eigenvalue weighted by Gasteiger charge is 2.25. The first-order valence-corrected chi connectivity index (χ1v) is 30.7. The number of nitrogens with zero attached hydrogens (tertiary/aromatic N) is 6. The van der Waals surface area contributed by atoms with Crippen molar-refractivity contribution in [3.05, 3.63) is 296 Å². The number of benzene rings is 8. The standard InChI is InChI=1S/C80H54N6S/c1-5-13-51(14-6-1)59-33-63(47-81-43-59)55-21-27-75-69(37-55)70-38-56(64-34-60(44-82-48-64)52-15-7-2-8-16-52)22-28-76(70)85(75)67-25-31-79-73(41-67)74-42-68(26-32-80(74)87-79)86-77-29-23-57(65-35-61(45-83-49-65)53-17-9-3-10-18-53)39-71(77)72-40-58(24-30-78(72)86)66-36-62(46-84-50-66)54-19-11-4-12-20-54/h1-11,13-19,21,23-27,29-50H,12,20,22,28H2. The lowest BCUT2D eigenvalue weighted by Crippen LogP contribution is -2.05. The van der Waals surface area contributed by atoms with Crippen LogP contribution in [-0.4, -0.2) is 29.1 Å². The molecule has 7 heteroatoms. The van der Waals surface area contributed by atoms with Crippen LogP contribution in [0.2, 0.25) is 0 Å². The maximum absolute atomic E-state index is 4.79. The highest BCUT2D eigenvalue weighted by Crippen LogP contribution is 2.45. The molecule has 0 bridgehead atoms. The third-order valence-corrected chi connectivity index (χ3v) is 19.0. The van der Waals surface area contributed by atoms with E-state index in [4.69, 9.17) is 19.9 Å². The number of rotatable bonds is 10. The largest absolute Gasteiger partial charge is 0.313 e. The molecule has 0 unspecified atom stereocenters. The minimum atomic E-state index is 0.877. The number of hydrogen-bond donors (Lipinski definition) is 0. The van der Waals surface area contributed by atoms with Gasteiger partial charge in [0.1, 0.15) is 0 Å². The van der Waals surface area contributed by atoms with Gasteiger partial charge in [0.25, 0.3) is 0 Å². The zero-order valence-electron chi connectivity index (χ0n) is 47.5. The first kappa shape index (κ1) is 50.6. The molecule has 87 heavy (non-hydrogen) atoms. The van der Waals surface area contributed by atoms with Crippen LogP contribution in [0.25, 0.3) is 148 Å². The van der Waals surface area contributed by atoms with Gasteiger partial charge in [0.05, 0.1) is 16.6 Å². The Morgan fingerprint density at radius 2 is 0.736 bits per heavy atom. The zero-order valence-corrected chi connectivity index (χ0v) is 48.3. The van der Waals surface area contributed by atoms with Crippen LogP contribution < -0.4 is 0 Å². The summed E-state index contributed by atoms with van der Waals surface area (Å²) in [5.74, 6) is 0. The lowest BCUT2D eigenvalue weighted by Gasteiger charge is -2.18. The van der Waals surface area contributed by atoms with Gasteiger partial charge < -0.3 is 9.13 Å². The lowest BCUT2D eigenvalue weighted by atomic mass is 9.90. The van der Waals surface area contributed by atoms with E-state index in [0.29, 0.717) is 0 Å². The van der Waals surface area contributed by atoms with E-state index in [2.05, 4.69) is 240 Å². The summed E-state index contributed by atoms with van der Waals surface area (Å²) in [6, 6.07) is 75.8. The Bertz CT molecular complexity index is 5330. The maximum atomic E-state index is 4.79. The Kier molecular flexibility index (Phi) is 12.2. The highest BCUT2D eigenvalue weighted by molar-refractivity contribution is 7.25. The second-order valence-corrected chi connectivity index (χ2v) is 24.0. The Labute approximate surface area is 507 Å². The van der Waals surface area contributed by atoms with Crippen LogP contribution in [0.3, 0.4) is 0 Å². The Balaban J connectivity index is 0.812. The number of pyridine rings is 4. The molecule has 0 fully saturated rings. The number of allylic oxidation sites excluding steroid dienone is 5. The van der Waals surface area contributed by atoms with E-state index in [1.54, 1.807) is 0 Å². The van der Waals surface area contributed by atoms with Gasteiger partial charge in [-0.25, -0.2) is 0 Å². The normalized spacial score (nSPS) is 13.2. The van der Waals surface area contributed by atoms with E-state index in [-0.39, 0.29) is 0 Å². The minimum Gasteiger partial charge on any atom is -0.313 e. The summed E-state index contributed by atoms with van der Waals surface area (Å²) in [5.41, 5.74) is 26.7. The number of aromatic nitrogens is 6. The topological polar surface area (TPSA) is 61.4 Å². The van der Waals surface area contributed by atoms with Gasteiger partial charge in [-0.15, -0.1) is 11.3 Å². The van der Waals surface area contributed by atoms with Crippen LogP contribution in [0.4, 0.5) is 0 Å². The van der Waals surface area contributed by atoms with Crippen LogP contribution in [0, 0.1) is 0 Å². The predicted octanol–water partition coefficient (Wildman–Crippen LogP) is 20.9. The summed E-state index contributed by atoms with van der Waals surface area (Å²) < 4.78 is 7.52. The summed E-state index contributed by atoms with van der Waals surface area (Å²) in [6.45, 7) is 0. The van der Waals surface area contributed by atoms with Gasteiger partial charge in [-0.1, -0.05) is 127 Å². The molecule has 0 aliphatic heterocycles. The van der Waals surface area contributed by atoms with Crippen molar-refractivity contribution >= 4 is 81.4 Å². The molecule has 410 valence electrons. The molecule has 0 amide bonds. The maximum Gasteiger partial charge on any atom is 0.0541 e. The molecule has 0 spiro atoms. The Morgan fingerprint density at radius 1 is 0.310 bits per heavy atom. The number of hydrogen-bond acceptors (Lipinski definition) is 5. The Morgan fingerprint density at radius 3 is 1.22 bits per heavy atom. The molecule has 0 saturated carbocycles. The first-order valence-electron chi connectivity index (χ1n) is 29.9. The first-order chi connectivity index (χ1) is 43.1. The highest BCUT2D eigenvalue weighted by atomic mass is 32.1. The van der Waals surface area contributed by atoms with E-state index in [9.17, 15) is 0 Å². The molecular weight excluding hydrogens is 1080 g/mol. The summed E-state index contributed by atoms with van der Waals surface area (Å²) in [6.07, 6.45) is 28.8. The monoisotopic (exact) mass is 1130 g/mol. The summed E-state index contributed by atoms with van der Waals surface area (Å²) in [4.78, 5) is 19.1. The van der Waals surface area contributed by atoms with E-state index < -0.39 is 0 Å². The molecular formula is C80H54N6S. The van der Waals surface area contributed by atoms with Crippen molar-refractivity contribution in [1.82, 2.24) is 29.1 Å². The second kappa shape index (κ2) is 21.0. The average Bonchev–Trinajstić information content (AvgIpc) is 1.72. The minimum absolute atomic E-state index is 0.877. The summed E-state index contributed by atoms with van der Waals surface area (Å²) >= 11 is 1.86. The van der Waals surface area contributed by atoms with Crippen molar-refractivity contribution in [2.45, 2.75) is 25.7 Å². The second-order valence-electron chi connectivity index (χ2n) is 23.0. The molecule has 8 aromatic carbocycles. The van der Waals surface area contributed by atoms with Gasteiger partial charge in [0.2, 0.25) is 0 Å². The summed E-state index contributed by atoms with van der Waals surface area (Å²) in [5, 5.41) is 6.07. The molecule has 2 aliphatic carbocycles. The van der Waals surface area contributed by atoms with Crippen molar-refractivity contribution in [1.29, 1.82) is 0 Å². The fourth-order valence-electron chi connectivity index (χ4n) is 13.5. The van der Waals surface area contributed by atoms with Gasteiger partial charge in [-0.2, -0.15) is 0 Å². The lowest BCUT2D eigenvalue weighted by molar-refractivity contribution is 0.898. The van der Waals surface area contributed by atoms with E-state index in [1.165, 1.54) is 75.4 Å². The van der Waals surface area contributed by atoms with Gasteiger partial charge in [-0.3, -0.25) is 19.9 Å². The van der Waals surface area contributed by atoms with E-state index in [1.807, 2.05) is 60.9 Å². The van der Waals surface area contributed by atoms with Gasteiger partial charge in [0, 0.05) is 142 Å². The molecule has 0 saturated heterocycles. The quantitative estimate of drug-likeness (QED) is 0.137. The smallest absolute Gasteiger partial charge is 0.0541 e. The number of thiophene rings is 1. The molecule has 7 aromatic heterocycles. The van der Waals surface area contributed by atoms with Crippen LogP contribution in [-0.2, 0) is 6.42 Å². The fraction of sp³-hybridized carbons (Fsp3) is 0.0500. The molecule has 7 heterocycles. The van der Waals surface area contributed by atoms with Gasteiger partial charge in [0.15, 0.2) is 0 Å². The van der Waals surface area contributed by atoms with Crippen molar-refractivity contribution < 1.29 is 0 Å². The van der Waals surface area contributed by atoms with Crippen molar-refractivity contribution in [3.63, 3.8) is 0 Å². The third-order valence-electron chi connectivity index (χ3n) is 17.8. The molecule has 0 atom stereocenters. The fourth-order valence-corrected chi connectivity index (χ4v) is 14.5. The van der Waals surface area contributed by atoms with Crippen LogP contribution in [0.1, 0.15) is 41.6 Å². The zero-order chi connectivity index (χ0) is 57.4. The van der Waals surface area contributed by atoms with Gasteiger partial charge >= 0.3 is 0 Å². The molecule has 0 N–H and O–H groups in total. The number of fused-ring (bicyclic) bond motifs is 9. The average molecular weight is 1130 g/mol. The molecule has 6 nitrogen and oxygen atoms in total. The van der Waals surface area contributed by atoms with Crippen LogP contribution >= 0.6 is 11.3 Å². The van der Waals surface area contributed by atoms with Crippen molar-refractivity contribution in [3.8, 4) is 78.1 Å². The van der Waals surface area contributed by atoms with Crippen LogP contribution in [0.15, 0.2) is 274 Å². The molecule has 0 radical (unpaired) electrons. The van der Waals surface area contributed by atoms with E-state index in [0.717, 1.165) is 115 Å². The molecule has 15 aromatic rings. The molecule has 17 rings (SSSR count). The third kappa shape index (κ3) is 9.02.